The zero-order valence-corrected chi connectivity index (χ0v) is 22.9. The van der Waals surface area contributed by atoms with Gasteiger partial charge in [0.1, 0.15) is 11.6 Å². The van der Waals surface area contributed by atoms with E-state index >= 15 is 4.39 Å². The van der Waals surface area contributed by atoms with E-state index in [4.69, 9.17) is 24.7 Å². The maximum atomic E-state index is 15.2. The third-order valence-corrected chi connectivity index (χ3v) is 8.66. The van der Waals surface area contributed by atoms with Gasteiger partial charge in [-0.05, 0) is 54.7 Å². The Morgan fingerprint density at radius 1 is 1.10 bits per heavy atom. The molecule has 0 aromatic heterocycles. The van der Waals surface area contributed by atoms with Crippen LogP contribution in [0.25, 0.3) is 0 Å². The number of carboxylic acid groups (broad SMARTS) is 1. The Kier molecular flexibility index (Phi) is 8.43. The Hall–Kier alpha value is -2.86. The number of carbonyl (C=O) groups is 3. The molecule has 0 saturated heterocycles. The van der Waals surface area contributed by atoms with Gasteiger partial charge in [0.25, 0.3) is 0 Å². The summed E-state index contributed by atoms with van der Waals surface area (Å²) in [5.74, 6) is -6.94. The lowest BCUT2D eigenvalue weighted by atomic mass is 9.75. The minimum Gasteiger partial charge on any atom is -0.479 e. The van der Waals surface area contributed by atoms with Gasteiger partial charge in [0, 0.05) is 18.8 Å². The second-order valence-electron chi connectivity index (χ2n) is 11.7. The maximum absolute atomic E-state index is 15.2. The van der Waals surface area contributed by atoms with E-state index < -0.39 is 65.2 Å². The lowest BCUT2D eigenvalue weighted by molar-refractivity contribution is -0.184. The van der Waals surface area contributed by atoms with Crippen molar-refractivity contribution in [3.63, 3.8) is 0 Å². The Morgan fingerprint density at radius 3 is 2.42 bits per heavy atom. The minimum atomic E-state index is -2.76. The van der Waals surface area contributed by atoms with Crippen molar-refractivity contribution in [2.45, 2.75) is 89.7 Å². The van der Waals surface area contributed by atoms with Gasteiger partial charge >= 0.3 is 18.1 Å². The molecule has 4 rings (SSSR count). The number of nitrogens with two attached hydrogens (primary N) is 1. The van der Waals surface area contributed by atoms with E-state index in [1.54, 1.807) is 0 Å². The summed E-state index contributed by atoms with van der Waals surface area (Å²) < 4.78 is 63.7. The molecule has 222 valence electrons. The van der Waals surface area contributed by atoms with Gasteiger partial charge < -0.3 is 29.8 Å². The van der Waals surface area contributed by atoms with Crippen LogP contribution < -0.4 is 5.73 Å². The van der Waals surface area contributed by atoms with Crippen LogP contribution in [-0.4, -0.2) is 52.9 Å². The molecular weight excluding hydrogens is 535 g/mol. The molecule has 1 unspecified atom stereocenters. The molecule has 0 amide bonds. The van der Waals surface area contributed by atoms with E-state index in [0.717, 1.165) is 25.0 Å². The summed E-state index contributed by atoms with van der Waals surface area (Å²) in [6.07, 6.45) is -1.72. The van der Waals surface area contributed by atoms with Crippen LogP contribution in [0, 0.1) is 41.2 Å². The third kappa shape index (κ3) is 5.52. The van der Waals surface area contributed by atoms with Crippen LogP contribution in [0.2, 0.25) is 0 Å². The summed E-state index contributed by atoms with van der Waals surface area (Å²) in [5, 5.41) is 9.43. The van der Waals surface area contributed by atoms with Crippen molar-refractivity contribution < 1.29 is 51.6 Å². The second kappa shape index (κ2) is 11.2. The van der Waals surface area contributed by atoms with E-state index in [9.17, 15) is 28.3 Å². The van der Waals surface area contributed by atoms with Gasteiger partial charge in [0.05, 0.1) is 12.7 Å². The first-order chi connectivity index (χ1) is 18.7. The molecule has 0 aliphatic heterocycles. The van der Waals surface area contributed by atoms with Crippen LogP contribution in [0.1, 0.15) is 58.9 Å². The highest BCUT2D eigenvalue weighted by Gasteiger charge is 2.85. The smallest absolute Gasteiger partial charge is 0.479 e. The molecule has 0 radical (unpaired) electrons. The van der Waals surface area contributed by atoms with E-state index in [0.29, 0.717) is 12.3 Å². The zero-order chi connectivity index (χ0) is 29.6. The molecule has 9 atom stereocenters. The number of rotatable bonds is 9. The predicted octanol–water partition coefficient (Wildman–Crippen LogP) is 4.49. The standard InChI is InChI=1S/C28H36F3NO8/c1-13(2)17-7-5-14(3)9-21(17)40-26(36)39-15(4)38-25(35)28(32)22(11-18-23(28)27(18,31)24(33)34)37-12-16-6-8-19(29)20(30)10-16/h6,8,10,13-15,17-18,21-23H,5,7,9,11-12,32H2,1-4H3,(H,33,34)/t14-,15-,17?,18-,21-,22-,23+,27-,28+/m1/s1. The Balaban J connectivity index is 1.42. The molecule has 1 aromatic carbocycles. The number of carbonyl (C=O) groups excluding carboxylic acids is 2. The summed E-state index contributed by atoms with van der Waals surface area (Å²) in [6.45, 7) is 7.11. The van der Waals surface area contributed by atoms with Crippen molar-refractivity contribution in [3.05, 3.63) is 35.4 Å². The molecule has 12 heteroatoms. The molecule has 1 aromatic rings. The van der Waals surface area contributed by atoms with E-state index in [2.05, 4.69) is 6.92 Å². The van der Waals surface area contributed by atoms with Crippen molar-refractivity contribution in [1.82, 2.24) is 0 Å². The van der Waals surface area contributed by atoms with Crippen molar-refractivity contribution in [2.24, 2.45) is 35.3 Å². The van der Waals surface area contributed by atoms with Crippen LogP contribution in [-0.2, 0) is 35.1 Å². The summed E-state index contributed by atoms with van der Waals surface area (Å²) in [5.41, 5.74) is 1.56. The zero-order valence-electron chi connectivity index (χ0n) is 22.9. The van der Waals surface area contributed by atoms with Gasteiger partial charge in [0.2, 0.25) is 12.0 Å². The largest absolute Gasteiger partial charge is 0.511 e. The number of carboxylic acids is 1. The van der Waals surface area contributed by atoms with E-state index in [-0.39, 0.29) is 36.5 Å². The van der Waals surface area contributed by atoms with Crippen LogP contribution in [0.15, 0.2) is 18.2 Å². The van der Waals surface area contributed by atoms with Crippen LogP contribution >= 0.6 is 0 Å². The SMILES string of the molecule is CC(C)C1CC[C@@H](C)C[C@H]1OC(=O)O[C@H](C)OC(=O)[C@@]1(N)[C@H]2[C@@H](C[C@H]1OCc1ccc(F)c(F)c1)[C@]2(F)C(=O)O. The summed E-state index contributed by atoms with van der Waals surface area (Å²) in [6, 6.07) is 3.06. The molecule has 3 N–H and O–H groups in total. The summed E-state index contributed by atoms with van der Waals surface area (Å²) >= 11 is 0. The Bertz CT molecular complexity index is 1150. The van der Waals surface area contributed by atoms with Crippen molar-refractivity contribution >= 4 is 18.1 Å². The number of aliphatic carboxylic acids is 1. The normalized spacial score (nSPS) is 35.5. The van der Waals surface area contributed by atoms with Gasteiger partial charge in [-0.2, -0.15) is 0 Å². The van der Waals surface area contributed by atoms with Crippen molar-refractivity contribution in [3.8, 4) is 0 Å². The number of fused-ring (bicyclic) bond motifs is 1. The fourth-order valence-corrected chi connectivity index (χ4v) is 6.44. The van der Waals surface area contributed by atoms with Gasteiger partial charge in [-0.3, -0.25) is 0 Å². The number of hydrogen-bond donors (Lipinski definition) is 2. The highest BCUT2D eigenvalue weighted by atomic mass is 19.2. The van der Waals surface area contributed by atoms with E-state index in [1.807, 2.05) is 13.8 Å². The molecule has 9 nitrogen and oxygen atoms in total. The fraction of sp³-hybridized carbons (Fsp3) is 0.679. The number of halogens is 3. The van der Waals surface area contributed by atoms with Crippen LogP contribution in [0.5, 0.6) is 0 Å². The molecule has 0 spiro atoms. The number of hydrogen-bond acceptors (Lipinski definition) is 8. The summed E-state index contributed by atoms with van der Waals surface area (Å²) in [4.78, 5) is 37.4. The maximum Gasteiger partial charge on any atom is 0.511 e. The third-order valence-electron chi connectivity index (χ3n) is 8.66. The van der Waals surface area contributed by atoms with E-state index in [1.165, 1.54) is 13.0 Å². The Morgan fingerprint density at radius 2 is 1.80 bits per heavy atom. The van der Waals surface area contributed by atoms with Crippen LogP contribution in [0.3, 0.4) is 0 Å². The van der Waals surface area contributed by atoms with Gasteiger partial charge in [-0.15, -0.1) is 0 Å². The lowest BCUT2D eigenvalue weighted by Crippen LogP contribution is -2.61. The van der Waals surface area contributed by atoms with Crippen molar-refractivity contribution in [2.75, 3.05) is 0 Å². The first-order valence-electron chi connectivity index (χ1n) is 13.5. The first-order valence-corrected chi connectivity index (χ1v) is 13.5. The molecule has 0 heterocycles. The summed E-state index contributed by atoms with van der Waals surface area (Å²) in [7, 11) is 0. The first kappa shape index (κ1) is 30.1. The molecular formula is C28H36F3NO8. The fourth-order valence-electron chi connectivity index (χ4n) is 6.44. The van der Waals surface area contributed by atoms with Gasteiger partial charge in [-0.1, -0.05) is 33.3 Å². The molecule has 3 saturated carbocycles. The predicted molar refractivity (Wildman–Crippen MR) is 133 cm³/mol. The number of alkyl halides is 1. The molecule has 3 fully saturated rings. The molecule has 40 heavy (non-hydrogen) atoms. The second-order valence-corrected chi connectivity index (χ2v) is 11.7. The average Bonchev–Trinajstić information content (AvgIpc) is 3.34. The molecule has 3 aliphatic carbocycles. The minimum absolute atomic E-state index is 0.153. The van der Waals surface area contributed by atoms with Crippen LogP contribution in [0.4, 0.5) is 18.0 Å². The quantitative estimate of drug-likeness (QED) is 0.325. The molecule has 0 bridgehead atoms. The molecule has 3 aliphatic rings. The average molecular weight is 572 g/mol. The number of ether oxygens (including phenoxy) is 4. The number of benzene rings is 1. The van der Waals surface area contributed by atoms with Gasteiger partial charge in [0.15, 0.2) is 11.6 Å². The Labute approximate surface area is 230 Å². The number of esters is 1. The topological polar surface area (TPSA) is 134 Å². The van der Waals surface area contributed by atoms with Crippen molar-refractivity contribution in [1.29, 1.82) is 0 Å². The lowest BCUT2D eigenvalue weighted by Gasteiger charge is -2.36. The highest BCUT2D eigenvalue weighted by molar-refractivity contribution is 5.91. The van der Waals surface area contributed by atoms with Gasteiger partial charge in [-0.25, -0.2) is 27.6 Å². The monoisotopic (exact) mass is 571 g/mol. The highest BCUT2D eigenvalue weighted by Crippen LogP contribution is 2.67.